The maximum absolute atomic E-state index is 12.5. The van der Waals surface area contributed by atoms with Gasteiger partial charge in [-0.1, -0.05) is 50.2 Å². The zero-order valence-electron chi connectivity index (χ0n) is 15.6. The second-order valence-corrected chi connectivity index (χ2v) is 8.52. The highest BCUT2D eigenvalue weighted by Gasteiger charge is 2.24. The van der Waals surface area contributed by atoms with Gasteiger partial charge in [0, 0.05) is 18.2 Å². The van der Waals surface area contributed by atoms with Gasteiger partial charge < -0.3 is 4.90 Å². The molecule has 0 unspecified atom stereocenters. The number of sulfonamides is 1. The van der Waals surface area contributed by atoms with Crippen molar-refractivity contribution >= 4 is 33.4 Å². The predicted molar refractivity (Wildman–Crippen MR) is 110 cm³/mol. The summed E-state index contributed by atoms with van der Waals surface area (Å²) in [6, 6.07) is 14.6. The van der Waals surface area contributed by atoms with Crippen LogP contribution in [0.4, 0.5) is 11.4 Å². The van der Waals surface area contributed by atoms with E-state index in [1.54, 1.807) is 23.1 Å². The summed E-state index contributed by atoms with van der Waals surface area (Å²) < 4.78 is 27.3. The molecule has 27 heavy (non-hydrogen) atoms. The second kappa shape index (κ2) is 7.96. The van der Waals surface area contributed by atoms with Crippen molar-refractivity contribution in [2.24, 2.45) is 5.92 Å². The van der Waals surface area contributed by atoms with Crippen LogP contribution >= 0.6 is 0 Å². The fourth-order valence-corrected chi connectivity index (χ4v) is 3.97. The molecule has 2 aromatic carbocycles. The zero-order valence-corrected chi connectivity index (χ0v) is 16.4. The van der Waals surface area contributed by atoms with Crippen LogP contribution in [0.5, 0.6) is 0 Å². The Bertz CT molecular complexity index is 951. The maximum Gasteiger partial charge on any atom is 0.255 e. The third-order valence-corrected chi connectivity index (χ3v) is 5.48. The number of aryl methyl sites for hydroxylation is 1. The van der Waals surface area contributed by atoms with Crippen molar-refractivity contribution in [3.8, 4) is 0 Å². The molecule has 2 aromatic rings. The smallest absolute Gasteiger partial charge is 0.255 e. The normalized spacial score (nSPS) is 14.4. The second-order valence-electron chi connectivity index (χ2n) is 6.95. The topological polar surface area (TPSA) is 66.5 Å². The summed E-state index contributed by atoms with van der Waals surface area (Å²) in [6.07, 6.45) is 3.35. The summed E-state index contributed by atoms with van der Waals surface area (Å²) >= 11 is 0. The SMILES string of the molecule is CC(C)C(=O)N1CCCc2ccc(NS(=O)(=O)/C=C/c3ccccc3)cc21. The van der Waals surface area contributed by atoms with Crippen LogP contribution in [0.25, 0.3) is 6.08 Å². The molecule has 0 aromatic heterocycles. The molecule has 0 aliphatic carbocycles. The Balaban J connectivity index is 1.83. The maximum atomic E-state index is 12.5. The summed E-state index contributed by atoms with van der Waals surface area (Å²) in [4.78, 5) is 14.3. The first-order valence-corrected chi connectivity index (χ1v) is 10.6. The van der Waals surface area contributed by atoms with Crippen molar-refractivity contribution in [1.29, 1.82) is 0 Å². The van der Waals surface area contributed by atoms with Gasteiger partial charge in [-0.3, -0.25) is 9.52 Å². The van der Waals surface area contributed by atoms with Gasteiger partial charge in [-0.2, -0.15) is 0 Å². The average Bonchev–Trinajstić information content (AvgIpc) is 2.66. The monoisotopic (exact) mass is 384 g/mol. The molecule has 1 aliphatic rings. The molecular formula is C21H24N2O3S. The minimum atomic E-state index is -3.65. The van der Waals surface area contributed by atoms with Crippen LogP contribution in [-0.4, -0.2) is 20.9 Å². The van der Waals surface area contributed by atoms with Crippen LogP contribution in [0.1, 0.15) is 31.4 Å². The van der Waals surface area contributed by atoms with Crippen LogP contribution in [0.2, 0.25) is 0 Å². The van der Waals surface area contributed by atoms with Gasteiger partial charge in [0.2, 0.25) is 5.91 Å². The lowest BCUT2D eigenvalue weighted by Gasteiger charge is -2.31. The van der Waals surface area contributed by atoms with Gasteiger partial charge in [0.05, 0.1) is 11.1 Å². The number of anilines is 2. The molecule has 5 nitrogen and oxygen atoms in total. The lowest BCUT2D eigenvalue weighted by Crippen LogP contribution is -2.38. The third kappa shape index (κ3) is 4.77. The van der Waals surface area contributed by atoms with Crippen molar-refractivity contribution in [2.75, 3.05) is 16.2 Å². The highest BCUT2D eigenvalue weighted by atomic mass is 32.2. The average molecular weight is 385 g/mol. The predicted octanol–water partition coefficient (Wildman–Crippen LogP) is 4.03. The number of rotatable bonds is 5. The molecule has 3 rings (SSSR count). The number of benzene rings is 2. The molecule has 0 radical (unpaired) electrons. The number of hydrogen-bond donors (Lipinski definition) is 1. The van der Waals surface area contributed by atoms with E-state index >= 15 is 0 Å². The molecule has 0 fully saturated rings. The van der Waals surface area contributed by atoms with E-state index in [4.69, 9.17) is 0 Å². The molecule has 0 bridgehead atoms. The fraction of sp³-hybridized carbons (Fsp3) is 0.286. The van der Waals surface area contributed by atoms with E-state index in [9.17, 15) is 13.2 Å². The summed E-state index contributed by atoms with van der Waals surface area (Å²) in [7, 11) is -3.65. The summed E-state index contributed by atoms with van der Waals surface area (Å²) in [5, 5.41) is 1.15. The lowest BCUT2D eigenvalue weighted by molar-refractivity contribution is -0.121. The minimum absolute atomic E-state index is 0.0555. The highest BCUT2D eigenvalue weighted by molar-refractivity contribution is 7.95. The summed E-state index contributed by atoms with van der Waals surface area (Å²) in [5.41, 5.74) is 3.13. The van der Waals surface area contributed by atoms with Crippen molar-refractivity contribution < 1.29 is 13.2 Å². The number of amides is 1. The Morgan fingerprint density at radius 3 is 2.59 bits per heavy atom. The van der Waals surface area contributed by atoms with Gasteiger partial charge in [0.25, 0.3) is 10.0 Å². The van der Waals surface area contributed by atoms with Gasteiger partial charge in [0.1, 0.15) is 0 Å². The van der Waals surface area contributed by atoms with E-state index in [0.717, 1.165) is 35.1 Å². The van der Waals surface area contributed by atoms with E-state index in [2.05, 4.69) is 4.72 Å². The van der Waals surface area contributed by atoms with Crippen LogP contribution < -0.4 is 9.62 Å². The first-order chi connectivity index (χ1) is 12.9. The lowest BCUT2D eigenvalue weighted by atomic mass is 9.99. The Kier molecular flexibility index (Phi) is 5.65. The summed E-state index contributed by atoms with van der Waals surface area (Å²) in [5.74, 6) is -0.0509. The van der Waals surface area contributed by atoms with Gasteiger partial charge >= 0.3 is 0 Å². The van der Waals surface area contributed by atoms with E-state index in [1.807, 2.05) is 50.2 Å². The number of nitrogens with zero attached hydrogens (tertiary/aromatic N) is 1. The van der Waals surface area contributed by atoms with E-state index in [0.29, 0.717) is 12.2 Å². The fourth-order valence-electron chi connectivity index (χ4n) is 3.11. The molecule has 1 amide bonds. The quantitative estimate of drug-likeness (QED) is 0.846. The van der Waals surface area contributed by atoms with Gasteiger partial charge in [-0.05, 0) is 42.2 Å². The molecule has 6 heteroatoms. The number of hydrogen-bond acceptors (Lipinski definition) is 3. The number of carbonyl (C=O) groups is 1. The molecule has 0 atom stereocenters. The third-order valence-electron chi connectivity index (χ3n) is 4.46. The van der Waals surface area contributed by atoms with Gasteiger partial charge in [-0.25, -0.2) is 8.42 Å². The zero-order chi connectivity index (χ0) is 19.4. The Morgan fingerprint density at radius 2 is 1.89 bits per heavy atom. The summed E-state index contributed by atoms with van der Waals surface area (Å²) in [6.45, 7) is 4.41. The number of carbonyl (C=O) groups excluding carboxylic acids is 1. The largest absolute Gasteiger partial charge is 0.312 e. The molecule has 1 N–H and O–H groups in total. The molecule has 1 aliphatic heterocycles. The Morgan fingerprint density at radius 1 is 1.15 bits per heavy atom. The number of nitrogens with one attached hydrogen (secondary N) is 1. The standard InChI is InChI=1S/C21H24N2O3S/c1-16(2)21(24)23-13-6-9-18-10-11-19(15-20(18)23)22-27(25,26)14-12-17-7-4-3-5-8-17/h3-5,7-8,10-12,14-16,22H,6,9,13H2,1-2H3/b14-12+. The van der Waals surface area contributed by atoms with Gasteiger partial charge in [-0.15, -0.1) is 0 Å². The van der Waals surface area contributed by atoms with E-state index < -0.39 is 10.0 Å². The minimum Gasteiger partial charge on any atom is -0.312 e. The van der Waals surface area contributed by atoms with Crippen molar-refractivity contribution in [2.45, 2.75) is 26.7 Å². The molecule has 142 valence electrons. The van der Waals surface area contributed by atoms with Crippen molar-refractivity contribution in [1.82, 2.24) is 0 Å². The van der Waals surface area contributed by atoms with Gasteiger partial charge in [0.15, 0.2) is 0 Å². The van der Waals surface area contributed by atoms with E-state index in [1.165, 1.54) is 0 Å². The van der Waals surface area contributed by atoms with Crippen LogP contribution in [-0.2, 0) is 21.2 Å². The van der Waals surface area contributed by atoms with E-state index in [-0.39, 0.29) is 11.8 Å². The van der Waals surface area contributed by atoms with Crippen LogP contribution in [0.15, 0.2) is 53.9 Å². The Labute approximate surface area is 160 Å². The molecule has 0 spiro atoms. The Hall–Kier alpha value is -2.60. The van der Waals surface area contributed by atoms with Crippen molar-refractivity contribution in [3.05, 3.63) is 65.1 Å². The van der Waals surface area contributed by atoms with Crippen LogP contribution in [0, 0.1) is 5.92 Å². The highest BCUT2D eigenvalue weighted by Crippen LogP contribution is 2.31. The molecular weight excluding hydrogens is 360 g/mol. The first-order valence-electron chi connectivity index (χ1n) is 9.06. The van der Waals surface area contributed by atoms with Crippen molar-refractivity contribution in [3.63, 3.8) is 0 Å². The number of fused-ring (bicyclic) bond motifs is 1. The van der Waals surface area contributed by atoms with Crippen LogP contribution in [0.3, 0.4) is 0 Å². The molecule has 0 saturated heterocycles. The molecule has 0 saturated carbocycles. The first kappa shape index (κ1) is 19.2. The molecule has 1 heterocycles.